The van der Waals surface area contributed by atoms with Crippen LogP contribution >= 0.6 is 0 Å². The summed E-state index contributed by atoms with van der Waals surface area (Å²) in [4.78, 5) is 0. The second-order valence-electron chi connectivity index (χ2n) is 2.18. The van der Waals surface area contributed by atoms with Crippen LogP contribution in [0.15, 0.2) is 0 Å². The average molecular weight is 131 g/mol. The van der Waals surface area contributed by atoms with Crippen molar-refractivity contribution in [1.82, 2.24) is 0 Å². The van der Waals surface area contributed by atoms with Gasteiger partial charge in [0.25, 0.3) is 0 Å². The van der Waals surface area contributed by atoms with Crippen LogP contribution in [0.25, 0.3) is 0 Å². The first-order valence-corrected chi connectivity index (χ1v) is 2.56. The van der Waals surface area contributed by atoms with E-state index in [1.54, 1.807) is 6.92 Å². The van der Waals surface area contributed by atoms with Crippen molar-refractivity contribution in [2.75, 3.05) is 0 Å². The van der Waals surface area contributed by atoms with E-state index in [1.807, 2.05) is 0 Å². The molecule has 0 rings (SSSR count). The fourth-order valence-corrected chi connectivity index (χ4v) is 0.269. The topological polar surface area (TPSA) is 128 Å². The van der Waals surface area contributed by atoms with Crippen molar-refractivity contribution in [3.63, 3.8) is 0 Å². The zero-order valence-electron chi connectivity index (χ0n) is 5.39. The third-order valence-electron chi connectivity index (χ3n) is 1.22. The third-order valence-corrected chi connectivity index (χ3v) is 1.22. The minimum absolute atomic E-state index is 0.0949. The molecule has 0 bridgehead atoms. The Bertz CT molecular complexity index is 113. The zero-order chi connectivity index (χ0) is 7.65. The Hall–Kier alpha value is -0.650. The lowest BCUT2D eigenvalue weighted by Crippen LogP contribution is -2.65. The van der Waals surface area contributed by atoms with E-state index in [1.165, 1.54) is 0 Å². The Balaban J connectivity index is 4.04. The molecule has 1 unspecified atom stereocenters. The van der Waals surface area contributed by atoms with E-state index in [-0.39, 0.29) is 5.84 Å². The van der Waals surface area contributed by atoms with Gasteiger partial charge in [-0.25, -0.2) is 0 Å². The maximum atomic E-state index is 6.89. The number of nitrogens with one attached hydrogen (secondary N) is 1. The zero-order valence-corrected chi connectivity index (χ0v) is 5.39. The average Bonchev–Trinajstić information content (AvgIpc) is 1.62. The Labute approximate surface area is 53.9 Å². The fraction of sp³-hybridized carbons (Fsp3) is 0.750. The summed E-state index contributed by atoms with van der Waals surface area (Å²) >= 11 is 0. The molecule has 1 atom stereocenters. The van der Waals surface area contributed by atoms with Crippen molar-refractivity contribution < 1.29 is 0 Å². The van der Waals surface area contributed by atoms with Gasteiger partial charge in [-0.3, -0.25) is 5.41 Å². The molecule has 9 N–H and O–H groups in total. The molecule has 54 valence electrons. The molecule has 5 heteroatoms. The molecule has 0 spiro atoms. The number of nitrogens with two attached hydrogens (primary N) is 4. The molecule has 0 saturated heterocycles. The summed E-state index contributed by atoms with van der Waals surface area (Å²) in [5, 5.41) is 6.89. The molecule has 0 heterocycles. The van der Waals surface area contributed by atoms with Crippen molar-refractivity contribution in [3.8, 4) is 0 Å². The minimum atomic E-state index is -1.37. The Kier molecular flexibility index (Phi) is 2.13. The van der Waals surface area contributed by atoms with Crippen LogP contribution in [0.4, 0.5) is 0 Å². The summed E-state index contributed by atoms with van der Waals surface area (Å²) in [5.74, 6) is -1.95. The summed E-state index contributed by atoms with van der Waals surface area (Å²) in [7, 11) is 0. The molecule has 0 aromatic rings. The normalized spacial score (nSPS) is 15.1. The maximum Gasteiger partial charge on any atom is 0.125 e. The standard InChI is InChI=1S/C4H13N5/c1-2(3(5)6)4(7,8)9/h2H,7-9H2,1H3,(H3,5,6). The van der Waals surface area contributed by atoms with Crippen LogP contribution in [-0.4, -0.2) is 11.6 Å². The van der Waals surface area contributed by atoms with E-state index in [2.05, 4.69) is 0 Å². The molecule has 0 aromatic heterocycles. The van der Waals surface area contributed by atoms with Gasteiger partial charge in [0.05, 0.1) is 11.8 Å². The molecule has 0 aliphatic heterocycles. The smallest absolute Gasteiger partial charge is 0.125 e. The van der Waals surface area contributed by atoms with E-state index >= 15 is 0 Å². The van der Waals surface area contributed by atoms with Crippen LogP contribution < -0.4 is 22.9 Å². The van der Waals surface area contributed by atoms with Crippen LogP contribution in [-0.2, 0) is 0 Å². The Morgan fingerprint density at radius 1 is 1.44 bits per heavy atom. The van der Waals surface area contributed by atoms with Crippen LogP contribution in [0, 0.1) is 11.3 Å². The highest BCUT2D eigenvalue weighted by molar-refractivity contribution is 5.80. The summed E-state index contributed by atoms with van der Waals surface area (Å²) in [6.07, 6.45) is 0. The van der Waals surface area contributed by atoms with Crippen molar-refractivity contribution in [2.24, 2.45) is 28.9 Å². The van der Waals surface area contributed by atoms with Crippen molar-refractivity contribution in [1.29, 1.82) is 5.41 Å². The van der Waals surface area contributed by atoms with Crippen molar-refractivity contribution in [3.05, 3.63) is 0 Å². The van der Waals surface area contributed by atoms with Gasteiger partial charge >= 0.3 is 0 Å². The second kappa shape index (κ2) is 2.30. The van der Waals surface area contributed by atoms with Gasteiger partial charge in [0.2, 0.25) is 0 Å². The van der Waals surface area contributed by atoms with Crippen LogP contribution in [0.1, 0.15) is 6.92 Å². The lowest BCUT2D eigenvalue weighted by atomic mass is 10.0. The molecule has 5 nitrogen and oxygen atoms in total. The van der Waals surface area contributed by atoms with Crippen molar-refractivity contribution >= 4 is 5.84 Å². The highest BCUT2D eigenvalue weighted by Crippen LogP contribution is 1.99. The SMILES string of the molecule is CC(C(=N)N)C(N)(N)N. The summed E-state index contributed by atoms with van der Waals surface area (Å²) in [6, 6.07) is 0. The van der Waals surface area contributed by atoms with E-state index in [4.69, 9.17) is 28.3 Å². The molecule has 0 radical (unpaired) electrons. The first kappa shape index (κ1) is 8.35. The monoisotopic (exact) mass is 131 g/mol. The van der Waals surface area contributed by atoms with Crippen LogP contribution in [0.2, 0.25) is 0 Å². The highest BCUT2D eigenvalue weighted by atomic mass is 15.1. The predicted octanol–water partition coefficient (Wildman–Crippen LogP) is -1.91. The molecular formula is C4H13N5. The number of rotatable bonds is 2. The van der Waals surface area contributed by atoms with Gasteiger partial charge in [-0.2, -0.15) is 0 Å². The van der Waals surface area contributed by atoms with Gasteiger partial charge in [0, 0.05) is 0 Å². The molecule has 0 aromatic carbocycles. The molecule has 0 aliphatic carbocycles. The summed E-state index contributed by atoms with van der Waals surface area (Å²) in [6.45, 7) is 1.60. The van der Waals surface area contributed by atoms with Crippen LogP contribution in [0.5, 0.6) is 0 Å². The van der Waals surface area contributed by atoms with Gasteiger partial charge in [0.1, 0.15) is 5.79 Å². The van der Waals surface area contributed by atoms with E-state index in [0.29, 0.717) is 0 Å². The number of amidine groups is 1. The van der Waals surface area contributed by atoms with Gasteiger partial charge < -0.3 is 22.9 Å². The molecule has 0 fully saturated rings. The van der Waals surface area contributed by atoms with E-state index < -0.39 is 11.7 Å². The molecule has 9 heavy (non-hydrogen) atoms. The van der Waals surface area contributed by atoms with E-state index in [9.17, 15) is 0 Å². The Morgan fingerprint density at radius 2 is 1.78 bits per heavy atom. The predicted molar refractivity (Wildman–Crippen MR) is 36.4 cm³/mol. The number of hydrogen-bond donors (Lipinski definition) is 5. The molecular weight excluding hydrogens is 118 g/mol. The lowest BCUT2D eigenvalue weighted by molar-refractivity contribution is 0.380. The van der Waals surface area contributed by atoms with Gasteiger partial charge in [-0.05, 0) is 0 Å². The first-order chi connectivity index (χ1) is 3.85. The maximum absolute atomic E-state index is 6.89. The number of hydrogen-bond acceptors (Lipinski definition) is 4. The van der Waals surface area contributed by atoms with Gasteiger partial charge in [-0.15, -0.1) is 0 Å². The molecule has 0 amide bonds. The molecule has 0 aliphatic rings. The van der Waals surface area contributed by atoms with E-state index in [0.717, 1.165) is 0 Å². The van der Waals surface area contributed by atoms with Crippen LogP contribution in [0.3, 0.4) is 0 Å². The lowest BCUT2D eigenvalue weighted by Gasteiger charge is -2.25. The Morgan fingerprint density at radius 3 is 1.78 bits per heavy atom. The third kappa shape index (κ3) is 2.41. The van der Waals surface area contributed by atoms with Crippen molar-refractivity contribution in [2.45, 2.75) is 12.7 Å². The minimum Gasteiger partial charge on any atom is -0.387 e. The van der Waals surface area contributed by atoms with Gasteiger partial charge in [0.15, 0.2) is 0 Å². The highest BCUT2D eigenvalue weighted by Gasteiger charge is 2.23. The summed E-state index contributed by atoms with van der Waals surface area (Å²) < 4.78 is 0. The summed E-state index contributed by atoms with van der Waals surface area (Å²) in [5.41, 5.74) is 20.7. The second-order valence-corrected chi connectivity index (χ2v) is 2.18. The quantitative estimate of drug-likeness (QED) is 0.170. The molecule has 0 saturated carbocycles. The largest absolute Gasteiger partial charge is 0.387 e. The first-order valence-electron chi connectivity index (χ1n) is 2.56. The fourth-order valence-electron chi connectivity index (χ4n) is 0.269. The van der Waals surface area contributed by atoms with Gasteiger partial charge in [-0.1, -0.05) is 6.92 Å².